The third kappa shape index (κ3) is 5.93. The van der Waals surface area contributed by atoms with Crippen molar-refractivity contribution < 1.29 is 5.11 Å². The fourth-order valence-corrected chi connectivity index (χ4v) is 2.41. The second kappa shape index (κ2) is 9.34. The molecule has 0 aliphatic rings. The van der Waals surface area contributed by atoms with Crippen molar-refractivity contribution in [2.75, 3.05) is 31.6 Å². The Hall–Kier alpha value is -0.580. The number of nitrogens with one attached hydrogen (secondary N) is 1. The lowest BCUT2D eigenvalue weighted by Crippen LogP contribution is -2.22. The molecule has 0 amide bonds. The van der Waals surface area contributed by atoms with Gasteiger partial charge in [0.2, 0.25) is 0 Å². The summed E-state index contributed by atoms with van der Waals surface area (Å²) < 4.78 is 1.12. The van der Waals surface area contributed by atoms with Gasteiger partial charge in [0.1, 0.15) is 0 Å². The lowest BCUT2D eigenvalue weighted by molar-refractivity contribution is 0.283. The van der Waals surface area contributed by atoms with Crippen LogP contribution in [-0.4, -0.2) is 31.9 Å². The highest BCUT2D eigenvalue weighted by molar-refractivity contribution is 9.10. The van der Waals surface area contributed by atoms with Gasteiger partial charge in [-0.25, -0.2) is 0 Å². The maximum absolute atomic E-state index is 8.80. The second-order valence-electron chi connectivity index (χ2n) is 4.76. The quantitative estimate of drug-likeness (QED) is 0.683. The summed E-state index contributed by atoms with van der Waals surface area (Å²) in [6, 6.07) is 6.45. The minimum absolute atomic E-state index is 0.298. The van der Waals surface area contributed by atoms with Crippen LogP contribution in [0.4, 0.5) is 5.69 Å². The number of halogens is 1. The highest BCUT2D eigenvalue weighted by atomic mass is 79.9. The number of aliphatic hydroxyl groups is 1. The van der Waals surface area contributed by atoms with Gasteiger partial charge in [0, 0.05) is 36.9 Å². The molecule has 0 radical (unpaired) electrons. The van der Waals surface area contributed by atoms with Gasteiger partial charge in [-0.15, -0.1) is 0 Å². The van der Waals surface area contributed by atoms with E-state index in [1.807, 2.05) is 0 Å². The number of unbranched alkanes of at least 4 members (excludes halogenated alkanes) is 2. The van der Waals surface area contributed by atoms with Gasteiger partial charge in [-0.2, -0.15) is 0 Å². The molecule has 0 aliphatic heterocycles. The highest BCUT2D eigenvalue weighted by Gasteiger charge is 2.07. The summed E-state index contributed by atoms with van der Waals surface area (Å²) in [5, 5.41) is 12.2. The van der Waals surface area contributed by atoms with E-state index in [1.165, 1.54) is 11.3 Å². The Balaban J connectivity index is 2.64. The number of benzene rings is 1. The molecule has 0 aromatic heterocycles. The van der Waals surface area contributed by atoms with Gasteiger partial charge < -0.3 is 15.3 Å². The summed E-state index contributed by atoms with van der Waals surface area (Å²) in [5.41, 5.74) is 2.61. The first-order valence-corrected chi connectivity index (χ1v) is 7.79. The number of hydrogen-bond donors (Lipinski definition) is 2. The second-order valence-corrected chi connectivity index (χ2v) is 5.67. The van der Waals surface area contributed by atoms with E-state index >= 15 is 0 Å². The largest absolute Gasteiger partial charge is 0.396 e. The summed E-state index contributed by atoms with van der Waals surface area (Å²) in [6.45, 7) is 5.33. The molecule has 0 aliphatic carbocycles. The summed E-state index contributed by atoms with van der Waals surface area (Å²) in [5.74, 6) is 0. The molecule has 0 heterocycles. The van der Waals surface area contributed by atoms with E-state index in [9.17, 15) is 0 Å². The fraction of sp³-hybridized carbons (Fsp3) is 0.600. The molecule has 1 aromatic rings. The van der Waals surface area contributed by atoms with Crippen molar-refractivity contribution in [2.45, 2.75) is 32.7 Å². The first-order valence-electron chi connectivity index (χ1n) is 7.00. The van der Waals surface area contributed by atoms with Gasteiger partial charge >= 0.3 is 0 Å². The smallest absolute Gasteiger partial charge is 0.0431 e. The van der Waals surface area contributed by atoms with Gasteiger partial charge in [-0.3, -0.25) is 0 Å². The molecule has 0 atom stereocenters. The first kappa shape index (κ1) is 16.5. The zero-order valence-corrected chi connectivity index (χ0v) is 13.5. The first-order chi connectivity index (χ1) is 9.19. The van der Waals surface area contributed by atoms with Gasteiger partial charge in [0.05, 0.1) is 0 Å². The van der Waals surface area contributed by atoms with Crippen LogP contribution in [0.2, 0.25) is 0 Å². The van der Waals surface area contributed by atoms with Gasteiger partial charge in [0.25, 0.3) is 0 Å². The van der Waals surface area contributed by atoms with Crippen LogP contribution >= 0.6 is 15.9 Å². The maximum Gasteiger partial charge on any atom is 0.0431 e. The van der Waals surface area contributed by atoms with Gasteiger partial charge in [-0.05, 0) is 43.5 Å². The van der Waals surface area contributed by atoms with Crippen LogP contribution < -0.4 is 10.2 Å². The molecular weight excluding hydrogens is 304 g/mol. The SMILES string of the molecule is CCNCc1ccc(Br)cc1N(C)CCCCCO. The van der Waals surface area contributed by atoms with Crippen molar-refractivity contribution in [2.24, 2.45) is 0 Å². The molecule has 0 spiro atoms. The Morgan fingerprint density at radius 1 is 1.26 bits per heavy atom. The zero-order chi connectivity index (χ0) is 14.1. The van der Waals surface area contributed by atoms with Crippen molar-refractivity contribution in [1.29, 1.82) is 0 Å². The molecule has 0 saturated carbocycles. The van der Waals surface area contributed by atoms with Crippen LogP contribution in [0.1, 0.15) is 31.7 Å². The molecule has 2 N–H and O–H groups in total. The molecule has 3 nitrogen and oxygen atoms in total. The van der Waals surface area contributed by atoms with Crippen LogP contribution in [0, 0.1) is 0 Å². The Labute approximate surface area is 125 Å². The highest BCUT2D eigenvalue weighted by Crippen LogP contribution is 2.24. The molecular formula is C15H25BrN2O. The summed E-state index contributed by atoms with van der Waals surface area (Å²) in [4.78, 5) is 2.30. The zero-order valence-electron chi connectivity index (χ0n) is 12.0. The van der Waals surface area contributed by atoms with Gasteiger partial charge in [0.15, 0.2) is 0 Å². The van der Waals surface area contributed by atoms with Gasteiger partial charge in [-0.1, -0.05) is 28.9 Å². The molecule has 108 valence electrons. The van der Waals surface area contributed by atoms with E-state index in [2.05, 4.69) is 58.3 Å². The van der Waals surface area contributed by atoms with Crippen LogP contribution in [0.5, 0.6) is 0 Å². The molecule has 1 rings (SSSR count). The monoisotopic (exact) mass is 328 g/mol. The number of anilines is 1. The van der Waals surface area contributed by atoms with E-state index in [-0.39, 0.29) is 0 Å². The molecule has 4 heteroatoms. The molecule has 0 bridgehead atoms. The lowest BCUT2D eigenvalue weighted by atomic mass is 10.1. The Kier molecular flexibility index (Phi) is 8.10. The van der Waals surface area contributed by atoms with E-state index in [0.717, 1.165) is 43.4 Å². The standard InChI is InChI=1S/C15H25BrN2O/c1-3-17-12-13-7-8-14(16)11-15(13)18(2)9-5-4-6-10-19/h7-8,11,17,19H,3-6,9-10,12H2,1-2H3. The molecule has 0 saturated heterocycles. The number of nitrogens with zero attached hydrogens (tertiary/aromatic N) is 1. The maximum atomic E-state index is 8.80. The van der Waals surface area contributed by atoms with E-state index < -0.39 is 0 Å². The van der Waals surface area contributed by atoms with Crippen molar-refractivity contribution in [3.05, 3.63) is 28.2 Å². The molecule has 0 fully saturated rings. The van der Waals surface area contributed by atoms with Crippen molar-refractivity contribution >= 4 is 21.6 Å². The van der Waals surface area contributed by atoms with Crippen molar-refractivity contribution in [3.63, 3.8) is 0 Å². The minimum atomic E-state index is 0.298. The van der Waals surface area contributed by atoms with Crippen LogP contribution in [0.3, 0.4) is 0 Å². The van der Waals surface area contributed by atoms with E-state index in [4.69, 9.17) is 5.11 Å². The summed E-state index contributed by atoms with van der Waals surface area (Å²) >= 11 is 3.55. The predicted octanol–water partition coefficient (Wildman–Crippen LogP) is 3.16. The molecule has 19 heavy (non-hydrogen) atoms. The third-order valence-corrected chi connectivity index (χ3v) is 3.67. The van der Waals surface area contributed by atoms with Crippen LogP contribution in [-0.2, 0) is 6.54 Å². The lowest BCUT2D eigenvalue weighted by Gasteiger charge is -2.23. The predicted molar refractivity (Wildman–Crippen MR) is 85.7 cm³/mol. The molecule has 0 unspecified atom stereocenters. The number of rotatable bonds is 9. The average Bonchev–Trinajstić information content (AvgIpc) is 2.42. The minimum Gasteiger partial charge on any atom is -0.396 e. The summed E-state index contributed by atoms with van der Waals surface area (Å²) in [6.07, 6.45) is 3.10. The Morgan fingerprint density at radius 3 is 2.74 bits per heavy atom. The fourth-order valence-electron chi connectivity index (χ4n) is 2.06. The summed E-state index contributed by atoms with van der Waals surface area (Å²) in [7, 11) is 2.14. The Morgan fingerprint density at radius 2 is 2.05 bits per heavy atom. The van der Waals surface area contributed by atoms with Crippen molar-refractivity contribution in [3.8, 4) is 0 Å². The van der Waals surface area contributed by atoms with E-state index in [0.29, 0.717) is 6.61 Å². The topological polar surface area (TPSA) is 35.5 Å². The number of aliphatic hydroxyl groups excluding tert-OH is 1. The van der Waals surface area contributed by atoms with E-state index in [1.54, 1.807) is 0 Å². The van der Waals surface area contributed by atoms with Crippen molar-refractivity contribution in [1.82, 2.24) is 5.32 Å². The molecule has 1 aromatic carbocycles. The van der Waals surface area contributed by atoms with Crippen LogP contribution in [0.25, 0.3) is 0 Å². The average molecular weight is 329 g/mol. The third-order valence-electron chi connectivity index (χ3n) is 3.18. The normalized spacial score (nSPS) is 10.7. The van der Waals surface area contributed by atoms with Crippen LogP contribution in [0.15, 0.2) is 22.7 Å². The number of hydrogen-bond acceptors (Lipinski definition) is 3. The Bertz CT molecular complexity index is 371.